The maximum absolute atomic E-state index is 13.7. The highest BCUT2D eigenvalue weighted by atomic mass is 79.9. The van der Waals surface area contributed by atoms with E-state index in [4.69, 9.17) is 21.1 Å². The standard InChI is InChI=1S/C25H23BrClN3O3/c1-32-18-11-12-19(20(13-18)33-2)24-21-22(14-3-5-15(26)6-4-14)28-29-23(21)25(31)30(24)17-9-7-16(27)8-10-17/h3-13,21-24,28-29H,1-2H3. The van der Waals surface area contributed by atoms with Crippen LogP contribution in [0.5, 0.6) is 11.5 Å². The number of anilines is 1. The second kappa shape index (κ2) is 8.99. The first-order valence-corrected chi connectivity index (χ1v) is 11.8. The topological polar surface area (TPSA) is 62.8 Å². The highest BCUT2D eigenvalue weighted by molar-refractivity contribution is 9.10. The minimum atomic E-state index is -0.397. The summed E-state index contributed by atoms with van der Waals surface area (Å²) in [5, 5.41) is 0.622. The van der Waals surface area contributed by atoms with Crippen molar-refractivity contribution in [2.75, 3.05) is 19.1 Å². The van der Waals surface area contributed by atoms with Crippen molar-refractivity contribution < 1.29 is 14.3 Å². The lowest BCUT2D eigenvalue weighted by Gasteiger charge is -2.32. The summed E-state index contributed by atoms with van der Waals surface area (Å²) < 4.78 is 12.2. The highest BCUT2D eigenvalue weighted by Crippen LogP contribution is 2.51. The molecule has 0 saturated carbocycles. The molecule has 5 rings (SSSR count). The second-order valence-electron chi connectivity index (χ2n) is 8.11. The van der Waals surface area contributed by atoms with Crippen molar-refractivity contribution in [3.63, 3.8) is 0 Å². The van der Waals surface area contributed by atoms with Crippen molar-refractivity contribution >= 4 is 39.1 Å². The molecule has 0 spiro atoms. The third kappa shape index (κ3) is 3.89. The molecule has 2 saturated heterocycles. The predicted octanol–water partition coefficient (Wildman–Crippen LogP) is 5.04. The Morgan fingerprint density at radius 2 is 1.61 bits per heavy atom. The number of halogens is 2. The van der Waals surface area contributed by atoms with Gasteiger partial charge < -0.3 is 14.4 Å². The van der Waals surface area contributed by atoms with E-state index in [1.54, 1.807) is 26.4 Å². The molecule has 0 radical (unpaired) electrons. The smallest absolute Gasteiger partial charge is 0.246 e. The van der Waals surface area contributed by atoms with E-state index >= 15 is 0 Å². The number of rotatable bonds is 5. The van der Waals surface area contributed by atoms with Gasteiger partial charge in [0.25, 0.3) is 0 Å². The largest absolute Gasteiger partial charge is 0.497 e. The number of hydrogen-bond acceptors (Lipinski definition) is 5. The normalized spacial score (nSPS) is 24.1. The molecule has 2 aliphatic rings. The number of hydrazine groups is 1. The fourth-order valence-electron chi connectivity index (χ4n) is 4.89. The van der Waals surface area contributed by atoms with Gasteiger partial charge in [0.2, 0.25) is 5.91 Å². The van der Waals surface area contributed by atoms with Gasteiger partial charge >= 0.3 is 0 Å². The number of fused-ring (bicyclic) bond motifs is 1. The van der Waals surface area contributed by atoms with E-state index < -0.39 is 6.04 Å². The Hall–Kier alpha value is -2.58. The Kier molecular flexibility index (Phi) is 6.05. The molecule has 2 N–H and O–H groups in total. The molecule has 4 atom stereocenters. The van der Waals surface area contributed by atoms with Gasteiger partial charge in [-0.05, 0) is 54.1 Å². The molecule has 3 aromatic rings. The molecule has 0 aromatic heterocycles. The van der Waals surface area contributed by atoms with Crippen molar-refractivity contribution in [1.29, 1.82) is 0 Å². The van der Waals surface area contributed by atoms with Gasteiger partial charge in [-0.25, -0.2) is 10.9 Å². The molecule has 3 aromatic carbocycles. The first-order chi connectivity index (χ1) is 16.0. The lowest BCUT2D eigenvalue weighted by Crippen LogP contribution is -2.41. The Balaban J connectivity index is 1.66. The van der Waals surface area contributed by atoms with Crippen LogP contribution in [0.4, 0.5) is 5.69 Å². The molecule has 0 aliphatic carbocycles. The van der Waals surface area contributed by atoms with Gasteiger partial charge in [0.05, 0.1) is 26.3 Å². The summed E-state index contributed by atoms with van der Waals surface area (Å²) in [7, 11) is 3.26. The summed E-state index contributed by atoms with van der Waals surface area (Å²) in [6.07, 6.45) is 0. The number of carbonyl (C=O) groups is 1. The Bertz CT molecular complexity index is 1170. The van der Waals surface area contributed by atoms with E-state index in [1.807, 2.05) is 47.4 Å². The number of carbonyl (C=O) groups excluding carboxylic acids is 1. The van der Waals surface area contributed by atoms with Gasteiger partial charge in [-0.3, -0.25) is 4.79 Å². The van der Waals surface area contributed by atoms with E-state index in [0.29, 0.717) is 16.5 Å². The summed E-state index contributed by atoms with van der Waals surface area (Å²) in [5.41, 5.74) is 9.43. The number of amides is 1. The van der Waals surface area contributed by atoms with E-state index in [2.05, 4.69) is 38.9 Å². The fourth-order valence-corrected chi connectivity index (χ4v) is 5.28. The zero-order valence-corrected chi connectivity index (χ0v) is 20.4. The monoisotopic (exact) mass is 527 g/mol. The molecule has 1 amide bonds. The first-order valence-electron chi connectivity index (χ1n) is 10.6. The quantitative estimate of drug-likeness (QED) is 0.486. The van der Waals surface area contributed by atoms with Crippen LogP contribution in [-0.4, -0.2) is 26.2 Å². The van der Waals surface area contributed by atoms with Crippen molar-refractivity contribution in [1.82, 2.24) is 10.9 Å². The minimum Gasteiger partial charge on any atom is -0.497 e. The predicted molar refractivity (Wildman–Crippen MR) is 132 cm³/mol. The van der Waals surface area contributed by atoms with Crippen molar-refractivity contribution in [3.05, 3.63) is 87.4 Å². The molecule has 33 heavy (non-hydrogen) atoms. The molecule has 2 heterocycles. The molecule has 6 nitrogen and oxygen atoms in total. The van der Waals surface area contributed by atoms with Gasteiger partial charge in [0.15, 0.2) is 0 Å². The van der Waals surface area contributed by atoms with E-state index in [0.717, 1.165) is 21.3 Å². The molecule has 2 fully saturated rings. The van der Waals surface area contributed by atoms with Crippen LogP contribution in [0.25, 0.3) is 0 Å². The number of nitrogens with zero attached hydrogens (tertiary/aromatic N) is 1. The van der Waals surface area contributed by atoms with Gasteiger partial charge in [-0.2, -0.15) is 0 Å². The molecule has 4 unspecified atom stereocenters. The van der Waals surface area contributed by atoms with Crippen LogP contribution in [0.2, 0.25) is 5.02 Å². The number of benzene rings is 3. The average Bonchev–Trinajstić information content (AvgIpc) is 3.39. The molecule has 170 valence electrons. The van der Waals surface area contributed by atoms with Gasteiger partial charge in [0, 0.05) is 32.7 Å². The summed E-state index contributed by atoms with van der Waals surface area (Å²) in [6, 6.07) is 20.5. The van der Waals surface area contributed by atoms with Crippen molar-refractivity contribution in [2.24, 2.45) is 5.92 Å². The van der Waals surface area contributed by atoms with Crippen LogP contribution < -0.4 is 25.2 Å². The van der Waals surface area contributed by atoms with E-state index in [1.165, 1.54) is 0 Å². The zero-order valence-electron chi connectivity index (χ0n) is 18.1. The highest BCUT2D eigenvalue weighted by Gasteiger charge is 2.56. The van der Waals surface area contributed by atoms with Gasteiger partial charge in [-0.1, -0.05) is 39.7 Å². The van der Waals surface area contributed by atoms with Crippen LogP contribution in [-0.2, 0) is 4.79 Å². The lowest BCUT2D eigenvalue weighted by molar-refractivity contribution is -0.119. The summed E-state index contributed by atoms with van der Waals surface area (Å²) >= 11 is 9.65. The molecule has 8 heteroatoms. The summed E-state index contributed by atoms with van der Waals surface area (Å²) in [5.74, 6) is 1.28. The van der Waals surface area contributed by atoms with Gasteiger partial charge in [0.1, 0.15) is 17.5 Å². The summed E-state index contributed by atoms with van der Waals surface area (Å²) in [6.45, 7) is 0. The van der Waals surface area contributed by atoms with Crippen LogP contribution >= 0.6 is 27.5 Å². The second-order valence-corrected chi connectivity index (χ2v) is 9.46. The number of nitrogens with one attached hydrogen (secondary N) is 2. The van der Waals surface area contributed by atoms with Crippen LogP contribution in [0, 0.1) is 5.92 Å². The van der Waals surface area contributed by atoms with Crippen molar-refractivity contribution in [3.8, 4) is 11.5 Å². The molecule has 2 aliphatic heterocycles. The molecule has 0 bridgehead atoms. The number of hydrogen-bond donors (Lipinski definition) is 2. The maximum Gasteiger partial charge on any atom is 0.246 e. The third-order valence-electron chi connectivity index (χ3n) is 6.40. The third-order valence-corrected chi connectivity index (χ3v) is 7.18. The van der Waals surface area contributed by atoms with E-state index in [-0.39, 0.29) is 23.9 Å². The maximum atomic E-state index is 13.7. The zero-order chi connectivity index (χ0) is 23.1. The van der Waals surface area contributed by atoms with E-state index in [9.17, 15) is 4.79 Å². The van der Waals surface area contributed by atoms with Crippen LogP contribution in [0.15, 0.2) is 71.2 Å². The van der Waals surface area contributed by atoms with Gasteiger partial charge in [-0.15, -0.1) is 0 Å². The Labute approximate surface area is 205 Å². The van der Waals surface area contributed by atoms with Crippen LogP contribution in [0.1, 0.15) is 23.2 Å². The summed E-state index contributed by atoms with van der Waals surface area (Å²) in [4.78, 5) is 15.6. The number of methoxy groups -OCH3 is 2. The molecular weight excluding hydrogens is 506 g/mol. The Morgan fingerprint density at radius 3 is 2.27 bits per heavy atom. The van der Waals surface area contributed by atoms with Crippen molar-refractivity contribution in [2.45, 2.75) is 18.1 Å². The fraction of sp³-hybridized carbons (Fsp3) is 0.240. The number of ether oxygens (including phenoxy) is 2. The lowest BCUT2D eigenvalue weighted by atomic mass is 9.83. The average molecular weight is 529 g/mol. The molecular formula is C25H23BrClN3O3. The first kappa shape index (κ1) is 22.2. The minimum absolute atomic E-state index is 0.00250. The van der Waals surface area contributed by atoms with Crippen LogP contribution in [0.3, 0.4) is 0 Å². The SMILES string of the molecule is COc1ccc(C2C3C(NNC3c3ccc(Br)cc3)C(=O)N2c2ccc(Cl)cc2)c(OC)c1. The Morgan fingerprint density at radius 1 is 0.909 bits per heavy atom.